The Balaban J connectivity index is 2.10. The molecule has 2 aromatic heterocycles. The number of aromatic nitrogens is 2. The van der Waals surface area contributed by atoms with Gasteiger partial charge in [-0.05, 0) is 30.0 Å². The first-order valence-electron chi connectivity index (χ1n) is 5.58. The van der Waals surface area contributed by atoms with Crippen LogP contribution < -0.4 is 10.5 Å². The Morgan fingerprint density at radius 1 is 1.26 bits per heavy atom. The van der Waals surface area contributed by atoms with Crippen molar-refractivity contribution in [2.75, 3.05) is 5.73 Å². The van der Waals surface area contributed by atoms with Crippen LogP contribution in [-0.4, -0.2) is 9.97 Å². The average Bonchev–Trinajstić information content (AvgIpc) is 2.82. The number of nitrogens with zero attached hydrogens (tertiary/aromatic N) is 2. The van der Waals surface area contributed by atoms with Gasteiger partial charge in [-0.2, -0.15) is 4.98 Å². The second-order valence-electron chi connectivity index (χ2n) is 4.04. The van der Waals surface area contributed by atoms with Gasteiger partial charge in [-0.25, -0.2) is 9.37 Å². The molecule has 0 aliphatic rings. The first-order chi connectivity index (χ1) is 9.13. The highest BCUT2D eigenvalue weighted by molar-refractivity contribution is 7.16. The lowest BCUT2D eigenvalue weighted by Crippen LogP contribution is -1.98. The second kappa shape index (κ2) is 4.47. The lowest BCUT2D eigenvalue weighted by Gasteiger charge is -2.09. The third kappa shape index (κ3) is 2.22. The van der Waals surface area contributed by atoms with E-state index >= 15 is 0 Å². The van der Waals surface area contributed by atoms with E-state index in [4.69, 9.17) is 10.5 Å². The van der Waals surface area contributed by atoms with Gasteiger partial charge in [0.25, 0.3) is 0 Å². The minimum absolute atomic E-state index is 0.138. The molecular formula is C13H10FN3OS. The van der Waals surface area contributed by atoms with E-state index in [9.17, 15) is 4.39 Å². The van der Waals surface area contributed by atoms with Crippen LogP contribution in [-0.2, 0) is 0 Å². The van der Waals surface area contributed by atoms with Crippen molar-refractivity contribution in [1.82, 2.24) is 9.97 Å². The molecule has 0 fully saturated rings. The van der Waals surface area contributed by atoms with Crippen LogP contribution >= 0.6 is 11.3 Å². The van der Waals surface area contributed by atoms with Gasteiger partial charge in [0.05, 0.1) is 5.39 Å². The van der Waals surface area contributed by atoms with Crippen LogP contribution in [0, 0.1) is 12.7 Å². The molecule has 0 aliphatic heterocycles. The minimum atomic E-state index is -0.357. The van der Waals surface area contributed by atoms with Gasteiger partial charge >= 0.3 is 0 Å². The number of nitrogen functional groups attached to an aromatic ring is 1. The van der Waals surface area contributed by atoms with Crippen molar-refractivity contribution < 1.29 is 9.13 Å². The number of fused-ring (bicyclic) bond motifs is 1. The number of anilines is 1. The fraction of sp³-hybridized carbons (Fsp3) is 0.0769. The predicted octanol–water partition coefficient (Wildman–Crippen LogP) is 3.51. The molecule has 0 atom stereocenters. The first-order valence-corrected chi connectivity index (χ1v) is 6.46. The summed E-state index contributed by atoms with van der Waals surface area (Å²) >= 11 is 1.45. The summed E-state index contributed by atoms with van der Waals surface area (Å²) < 4.78 is 18.9. The molecule has 4 nitrogen and oxygen atoms in total. The SMILES string of the molecule is Cc1ccc(F)cc1Oc1nc(N)nc2sccc12. The van der Waals surface area contributed by atoms with Gasteiger partial charge in [-0.3, -0.25) is 0 Å². The molecule has 2 N–H and O–H groups in total. The quantitative estimate of drug-likeness (QED) is 0.777. The largest absolute Gasteiger partial charge is 0.438 e. The van der Waals surface area contributed by atoms with Crippen molar-refractivity contribution in [3.63, 3.8) is 0 Å². The van der Waals surface area contributed by atoms with Crippen molar-refractivity contribution in [1.29, 1.82) is 0 Å². The van der Waals surface area contributed by atoms with E-state index in [1.165, 1.54) is 23.5 Å². The fourth-order valence-corrected chi connectivity index (χ4v) is 2.47. The normalized spacial score (nSPS) is 10.8. The van der Waals surface area contributed by atoms with Crippen LogP contribution in [0.25, 0.3) is 10.2 Å². The number of hydrogen-bond donors (Lipinski definition) is 1. The molecule has 1 aromatic carbocycles. The number of halogens is 1. The van der Waals surface area contributed by atoms with Gasteiger partial charge in [0.1, 0.15) is 16.4 Å². The summed E-state index contributed by atoms with van der Waals surface area (Å²) in [7, 11) is 0. The third-order valence-corrected chi connectivity index (χ3v) is 3.47. The second-order valence-corrected chi connectivity index (χ2v) is 4.93. The highest BCUT2D eigenvalue weighted by atomic mass is 32.1. The van der Waals surface area contributed by atoms with E-state index in [1.54, 1.807) is 6.07 Å². The number of thiophene rings is 1. The molecule has 0 spiro atoms. The van der Waals surface area contributed by atoms with Crippen LogP contribution in [0.15, 0.2) is 29.6 Å². The van der Waals surface area contributed by atoms with Gasteiger partial charge in [0.2, 0.25) is 11.8 Å². The van der Waals surface area contributed by atoms with Crippen LogP contribution in [0.1, 0.15) is 5.56 Å². The fourth-order valence-electron chi connectivity index (χ4n) is 1.71. The highest BCUT2D eigenvalue weighted by Crippen LogP contribution is 2.32. The van der Waals surface area contributed by atoms with Gasteiger partial charge < -0.3 is 10.5 Å². The summed E-state index contributed by atoms with van der Waals surface area (Å²) in [5.41, 5.74) is 6.46. The standard InChI is InChI=1S/C13H10FN3OS/c1-7-2-3-8(14)6-10(7)18-11-9-4-5-19-12(9)17-13(15)16-11/h2-6H,1H3,(H2,15,16,17). The van der Waals surface area contributed by atoms with Crippen molar-refractivity contribution in [2.24, 2.45) is 0 Å². The Morgan fingerprint density at radius 3 is 2.95 bits per heavy atom. The van der Waals surface area contributed by atoms with E-state index < -0.39 is 0 Å². The molecule has 0 aliphatic carbocycles. The summed E-state index contributed by atoms with van der Waals surface area (Å²) in [6, 6.07) is 6.21. The highest BCUT2D eigenvalue weighted by Gasteiger charge is 2.11. The maximum Gasteiger partial charge on any atom is 0.232 e. The van der Waals surface area contributed by atoms with E-state index in [0.717, 1.165) is 15.8 Å². The number of hydrogen-bond acceptors (Lipinski definition) is 5. The molecule has 0 radical (unpaired) electrons. The number of benzene rings is 1. The van der Waals surface area contributed by atoms with Crippen LogP contribution in [0.3, 0.4) is 0 Å². The Labute approximate surface area is 112 Å². The number of rotatable bonds is 2. The summed E-state index contributed by atoms with van der Waals surface area (Å²) in [6.07, 6.45) is 0. The topological polar surface area (TPSA) is 61.0 Å². The van der Waals surface area contributed by atoms with Gasteiger partial charge in [0, 0.05) is 6.07 Å². The third-order valence-electron chi connectivity index (χ3n) is 2.66. The van der Waals surface area contributed by atoms with E-state index in [-0.39, 0.29) is 11.8 Å². The molecule has 0 saturated carbocycles. The summed E-state index contributed by atoms with van der Waals surface area (Å²) in [5, 5.41) is 2.65. The zero-order chi connectivity index (χ0) is 13.4. The molecule has 0 amide bonds. The van der Waals surface area contributed by atoms with E-state index in [2.05, 4.69) is 9.97 Å². The molecular weight excluding hydrogens is 265 g/mol. The molecule has 0 bridgehead atoms. The lowest BCUT2D eigenvalue weighted by atomic mass is 10.2. The maximum absolute atomic E-state index is 13.2. The summed E-state index contributed by atoms with van der Waals surface area (Å²) in [6.45, 7) is 1.84. The van der Waals surface area contributed by atoms with Gasteiger partial charge in [0.15, 0.2) is 0 Å². The molecule has 19 heavy (non-hydrogen) atoms. The Morgan fingerprint density at radius 2 is 2.11 bits per heavy atom. The molecule has 6 heteroatoms. The van der Waals surface area contributed by atoms with Crippen LogP contribution in [0.5, 0.6) is 11.6 Å². The smallest absolute Gasteiger partial charge is 0.232 e. The summed E-state index contributed by atoms with van der Waals surface area (Å²) in [5.74, 6) is 0.547. The van der Waals surface area contributed by atoms with Crippen molar-refractivity contribution in [3.8, 4) is 11.6 Å². The minimum Gasteiger partial charge on any atom is -0.438 e. The molecule has 2 heterocycles. The van der Waals surface area contributed by atoms with Crippen molar-refractivity contribution in [3.05, 3.63) is 41.0 Å². The Kier molecular flexibility index (Phi) is 2.79. The number of ether oxygens (including phenoxy) is 1. The summed E-state index contributed by atoms with van der Waals surface area (Å²) in [4.78, 5) is 8.92. The van der Waals surface area contributed by atoms with Gasteiger partial charge in [-0.15, -0.1) is 11.3 Å². The first kappa shape index (κ1) is 11.9. The van der Waals surface area contributed by atoms with E-state index in [1.807, 2.05) is 18.4 Å². The van der Waals surface area contributed by atoms with Crippen LogP contribution in [0.2, 0.25) is 0 Å². The molecule has 0 unspecified atom stereocenters. The number of nitrogens with two attached hydrogens (primary N) is 1. The number of aryl methyl sites for hydroxylation is 1. The molecule has 0 saturated heterocycles. The lowest BCUT2D eigenvalue weighted by molar-refractivity contribution is 0.460. The molecule has 96 valence electrons. The monoisotopic (exact) mass is 275 g/mol. The predicted molar refractivity (Wildman–Crippen MR) is 73.0 cm³/mol. The maximum atomic E-state index is 13.2. The van der Waals surface area contributed by atoms with E-state index in [0.29, 0.717) is 11.6 Å². The average molecular weight is 275 g/mol. The Hall–Kier alpha value is -2.21. The van der Waals surface area contributed by atoms with Crippen molar-refractivity contribution >= 4 is 27.5 Å². The van der Waals surface area contributed by atoms with Gasteiger partial charge in [-0.1, -0.05) is 6.07 Å². The molecule has 3 aromatic rings. The zero-order valence-corrected chi connectivity index (χ0v) is 10.9. The van der Waals surface area contributed by atoms with Crippen LogP contribution in [0.4, 0.5) is 10.3 Å². The molecule has 3 rings (SSSR count). The van der Waals surface area contributed by atoms with Crippen molar-refractivity contribution in [2.45, 2.75) is 6.92 Å². The Bertz CT molecular complexity index is 757. The zero-order valence-electron chi connectivity index (χ0n) is 10.1.